The largest absolute Gasteiger partial charge is 0.399 e. The highest BCUT2D eigenvalue weighted by Crippen LogP contribution is 2.18. The minimum absolute atomic E-state index is 0.0711. The number of hydrogen-bond acceptors (Lipinski definition) is 3. The maximum atomic E-state index is 12.0. The summed E-state index contributed by atoms with van der Waals surface area (Å²) in [5.74, 6) is -0.0711. The Balaban J connectivity index is 1.62. The van der Waals surface area contributed by atoms with Crippen molar-refractivity contribution >= 4 is 23.3 Å². The van der Waals surface area contributed by atoms with Gasteiger partial charge in [-0.15, -0.1) is 0 Å². The summed E-state index contributed by atoms with van der Waals surface area (Å²) >= 11 is 0. The maximum Gasteiger partial charge on any atom is 0.315 e. The van der Waals surface area contributed by atoms with Crippen LogP contribution in [0, 0.1) is 6.92 Å². The van der Waals surface area contributed by atoms with Gasteiger partial charge in [0.2, 0.25) is 5.91 Å². The van der Waals surface area contributed by atoms with Crippen molar-refractivity contribution in [2.75, 3.05) is 17.6 Å². The molecule has 6 nitrogen and oxygen atoms in total. The molecule has 1 aliphatic carbocycles. The summed E-state index contributed by atoms with van der Waals surface area (Å²) in [5, 5.41) is 8.67. The molecule has 24 heavy (non-hydrogen) atoms. The van der Waals surface area contributed by atoms with E-state index in [2.05, 4.69) is 16.0 Å². The van der Waals surface area contributed by atoms with Crippen LogP contribution in [0.25, 0.3) is 0 Å². The van der Waals surface area contributed by atoms with Gasteiger partial charge in [-0.05, 0) is 43.9 Å². The van der Waals surface area contributed by atoms with Gasteiger partial charge in [-0.3, -0.25) is 4.79 Å². The second-order valence-corrected chi connectivity index (χ2v) is 6.46. The molecule has 0 radical (unpaired) electrons. The van der Waals surface area contributed by atoms with Gasteiger partial charge < -0.3 is 21.7 Å². The van der Waals surface area contributed by atoms with Gasteiger partial charge >= 0.3 is 6.03 Å². The first-order valence-electron chi connectivity index (χ1n) is 8.75. The van der Waals surface area contributed by atoms with Crippen LogP contribution in [0.15, 0.2) is 18.2 Å². The summed E-state index contributed by atoms with van der Waals surface area (Å²) in [4.78, 5) is 23.7. The van der Waals surface area contributed by atoms with Crippen molar-refractivity contribution in [1.82, 2.24) is 10.6 Å². The van der Waals surface area contributed by atoms with Gasteiger partial charge in [-0.1, -0.05) is 25.3 Å². The van der Waals surface area contributed by atoms with Crippen LogP contribution < -0.4 is 21.7 Å². The Morgan fingerprint density at radius 3 is 2.71 bits per heavy atom. The third-order valence-corrected chi connectivity index (χ3v) is 4.34. The summed E-state index contributed by atoms with van der Waals surface area (Å²) in [6.07, 6.45) is 6.73. The monoisotopic (exact) mass is 332 g/mol. The number of amides is 3. The SMILES string of the molecule is Cc1ccc(N)cc1NC(=O)CCCNC(=O)NC1CCCCC1. The summed E-state index contributed by atoms with van der Waals surface area (Å²) in [5.41, 5.74) is 8.06. The Hall–Kier alpha value is -2.24. The molecule has 5 N–H and O–H groups in total. The number of urea groups is 1. The lowest BCUT2D eigenvalue weighted by Gasteiger charge is -2.22. The van der Waals surface area contributed by atoms with Crippen molar-refractivity contribution < 1.29 is 9.59 Å². The average molecular weight is 332 g/mol. The van der Waals surface area contributed by atoms with E-state index in [0.29, 0.717) is 31.1 Å². The van der Waals surface area contributed by atoms with Crippen molar-refractivity contribution in [2.24, 2.45) is 0 Å². The summed E-state index contributed by atoms with van der Waals surface area (Å²) in [7, 11) is 0. The normalized spacial score (nSPS) is 14.9. The van der Waals surface area contributed by atoms with Crippen molar-refractivity contribution in [2.45, 2.75) is 57.9 Å². The number of nitrogens with one attached hydrogen (secondary N) is 3. The molecule has 132 valence electrons. The lowest BCUT2D eigenvalue weighted by atomic mass is 9.96. The minimum Gasteiger partial charge on any atom is -0.399 e. The van der Waals surface area contributed by atoms with E-state index >= 15 is 0 Å². The number of rotatable bonds is 6. The van der Waals surface area contributed by atoms with Crippen LogP contribution in [0.2, 0.25) is 0 Å². The average Bonchev–Trinajstić information content (AvgIpc) is 2.56. The van der Waals surface area contributed by atoms with Gasteiger partial charge in [0.15, 0.2) is 0 Å². The second kappa shape index (κ2) is 9.15. The number of anilines is 2. The van der Waals surface area contributed by atoms with Crippen LogP contribution in [0.5, 0.6) is 0 Å². The number of aryl methyl sites for hydroxylation is 1. The summed E-state index contributed by atoms with van der Waals surface area (Å²) < 4.78 is 0. The molecule has 1 saturated carbocycles. The standard InChI is InChI=1S/C18H28N4O2/c1-13-9-10-14(19)12-16(13)22-17(23)8-5-11-20-18(24)21-15-6-3-2-4-7-15/h9-10,12,15H,2-8,11,19H2,1H3,(H,22,23)(H2,20,21,24). The first-order chi connectivity index (χ1) is 11.5. The summed E-state index contributed by atoms with van der Waals surface area (Å²) in [6, 6.07) is 5.60. The van der Waals surface area contributed by atoms with Crippen LogP contribution in [0.1, 0.15) is 50.5 Å². The molecule has 0 atom stereocenters. The predicted molar refractivity (Wildman–Crippen MR) is 96.9 cm³/mol. The van der Waals surface area contributed by atoms with Crippen LogP contribution in [0.3, 0.4) is 0 Å². The molecule has 0 heterocycles. The molecule has 1 aliphatic rings. The van der Waals surface area contributed by atoms with E-state index in [0.717, 1.165) is 24.1 Å². The van der Waals surface area contributed by atoms with Gasteiger partial charge in [0.05, 0.1) is 0 Å². The fraction of sp³-hybridized carbons (Fsp3) is 0.556. The maximum absolute atomic E-state index is 12.0. The molecular weight excluding hydrogens is 304 g/mol. The smallest absolute Gasteiger partial charge is 0.315 e. The molecule has 1 aromatic rings. The van der Waals surface area contributed by atoms with E-state index in [4.69, 9.17) is 5.73 Å². The van der Waals surface area contributed by atoms with Crippen molar-refractivity contribution in [1.29, 1.82) is 0 Å². The Labute approximate surface area is 143 Å². The van der Waals surface area contributed by atoms with Crippen molar-refractivity contribution in [3.63, 3.8) is 0 Å². The number of nitrogens with two attached hydrogens (primary N) is 1. The molecular formula is C18H28N4O2. The van der Waals surface area contributed by atoms with Gasteiger partial charge in [0.25, 0.3) is 0 Å². The number of benzene rings is 1. The van der Waals surface area contributed by atoms with Crippen LogP contribution in [-0.2, 0) is 4.79 Å². The molecule has 1 aromatic carbocycles. The third-order valence-electron chi connectivity index (χ3n) is 4.34. The van der Waals surface area contributed by atoms with E-state index in [-0.39, 0.29) is 11.9 Å². The molecule has 0 aliphatic heterocycles. The Morgan fingerprint density at radius 1 is 1.21 bits per heavy atom. The molecule has 0 saturated heterocycles. The van der Waals surface area contributed by atoms with E-state index in [1.54, 1.807) is 12.1 Å². The lowest BCUT2D eigenvalue weighted by molar-refractivity contribution is -0.116. The number of nitrogen functional groups attached to an aromatic ring is 1. The molecule has 6 heteroatoms. The van der Waals surface area contributed by atoms with E-state index in [9.17, 15) is 9.59 Å². The van der Waals surface area contributed by atoms with Crippen molar-refractivity contribution in [3.05, 3.63) is 23.8 Å². The van der Waals surface area contributed by atoms with Gasteiger partial charge in [0.1, 0.15) is 0 Å². The fourth-order valence-electron chi connectivity index (χ4n) is 2.92. The highest BCUT2D eigenvalue weighted by atomic mass is 16.2. The Kier molecular flexibility index (Phi) is 6.90. The topological polar surface area (TPSA) is 96.2 Å². The minimum atomic E-state index is -0.131. The first-order valence-corrected chi connectivity index (χ1v) is 8.75. The van der Waals surface area contributed by atoms with Crippen LogP contribution in [-0.4, -0.2) is 24.5 Å². The summed E-state index contributed by atoms with van der Waals surface area (Å²) in [6.45, 7) is 2.41. The zero-order valence-corrected chi connectivity index (χ0v) is 14.4. The third kappa shape index (κ3) is 6.10. The second-order valence-electron chi connectivity index (χ2n) is 6.46. The fourth-order valence-corrected chi connectivity index (χ4v) is 2.92. The molecule has 3 amide bonds. The lowest BCUT2D eigenvalue weighted by Crippen LogP contribution is -2.43. The van der Waals surface area contributed by atoms with Gasteiger partial charge in [-0.25, -0.2) is 4.79 Å². The molecule has 0 unspecified atom stereocenters. The first kappa shape index (κ1) is 18.1. The number of hydrogen-bond donors (Lipinski definition) is 4. The zero-order valence-electron chi connectivity index (χ0n) is 14.4. The number of carbonyl (C=O) groups is 2. The van der Waals surface area contributed by atoms with Crippen molar-refractivity contribution in [3.8, 4) is 0 Å². The van der Waals surface area contributed by atoms with Gasteiger partial charge in [0, 0.05) is 30.4 Å². The molecule has 0 spiro atoms. The molecule has 0 aromatic heterocycles. The molecule has 2 rings (SSSR count). The van der Waals surface area contributed by atoms with E-state index in [1.165, 1.54) is 19.3 Å². The van der Waals surface area contributed by atoms with Crippen LogP contribution in [0.4, 0.5) is 16.2 Å². The highest BCUT2D eigenvalue weighted by molar-refractivity contribution is 5.92. The molecule has 1 fully saturated rings. The Bertz CT molecular complexity index is 568. The zero-order chi connectivity index (χ0) is 17.4. The Morgan fingerprint density at radius 2 is 1.96 bits per heavy atom. The predicted octanol–water partition coefficient (Wildman–Crippen LogP) is 2.93. The quantitative estimate of drug-likeness (QED) is 0.476. The van der Waals surface area contributed by atoms with Gasteiger partial charge in [-0.2, -0.15) is 0 Å². The number of carbonyl (C=O) groups excluding carboxylic acids is 2. The van der Waals surface area contributed by atoms with E-state index < -0.39 is 0 Å². The van der Waals surface area contributed by atoms with Crippen LogP contribution >= 0.6 is 0 Å². The highest BCUT2D eigenvalue weighted by Gasteiger charge is 2.15. The van der Waals surface area contributed by atoms with E-state index in [1.807, 2.05) is 13.0 Å². The molecule has 0 bridgehead atoms.